The van der Waals surface area contributed by atoms with Crippen molar-refractivity contribution in [3.63, 3.8) is 0 Å². The zero-order chi connectivity index (χ0) is 11.5. The first-order valence-electron chi connectivity index (χ1n) is 4.64. The summed E-state index contributed by atoms with van der Waals surface area (Å²) in [7, 11) is 0. The average molecular weight is 274 g/mol. The second-order valence-corrected chi connectivity index (χ2v) is 5.37. The number of halogens is 2. The predicted molar refractivity (Wildman–Crippen MR) is 67.6 cm³/mol. The number of aromatic nitrogens is 1. The summed E-state index contributed by atoms with van der Waals surface area (Å²) in [5, 5.41) is 2.20. The van der Waals surface area contributed by atoms with Crippen LogP contribution in [0.4, 0.5) is 0 Å². The molecule has 0 aliphatic carbocycles. The number of rotatable bonds is 3. The first-order chi connectivity index (χ1) is 7.65. The SMILES string of the molecule is Cc1ncc(COc2cc(Cl)ccc2Cl)s1. The fourth-order valence-electron chi connectivity index (χ4n) is 1.21. The molecule has 0 aliphatic rings. The fraction of sp³-hybridized carbons (Fsp3) is 0.182. The van der Waals surface area contributed by atoms with E-state index in [0.29, 0.717) is 22.4 Å². The Balaban J connectivity index is 2.07. The van der Waals surface area contributed by atoms with Gasteiger partial charge in [0.1, 0.15) is 12.4 Å². The van der Waals surface area contributed by atoms with E-state index in [1.807, 2.05) is 6.92 Å². The van der Waals surface area contributed by atoms with E-state index in [1.54, 1.807) is 35.7 Å². The summed E-state index contributed by atoms with van der Waals surface area (Å²) in [6, 6.07) is 5.16. The van der Waals surface area contributed by atoms with Gasteiger partial charge in [-0.25, -0.2) is 4.98 Å². The third-order valence-corrected chi connectivity index (χ3v) is 3.37. The summed E-state index contributed by atoms with van der Waals surface area (Å²) in [5.74, 6) is 0.597. The maximum absolute atomic E-state index is 5.97. The van der Waals surface area contributed by atoms with Crippen molar-refractivity contribution in [3.05, 3.63) is 44.3 Å². The van der Waals surface area contributed by atoms with Gasteiger partial charge in [0.2, 0.25) is 0 Å². The normalized spacial score (nSPS) is 10.4. The predicted octanol–water partition coefficient (Wildman–Crippen LogP) is 4.34. The van der Waals surface area contributed by atoms with Crippen LogP contribution < -0.4 is 4.74 Å². The number of thiazole rings is 1. The van der Waals surface area contributed by atoms with Crippen molar-refractivity contribution in [1.29, 1.82) is 0 Å². The third-order valence-electron chi connectivity index (χ3n) is 1.93. The molecule has 0 atom stereocenters. The van der Waals surface area contributed by atoms with Gasteiger partial charge in [0.15, 0.2) is 0 Å². The van der Waals surface area contributed by atoms with Crippen molar-refractivity contribution < 1.29 is 4.74 Å². The average Bonchev–Trinajstić information content (AvgIpc) is 2.66. The van der Waals surface area contributed by atoms with E-state index < -0.39 is 0 Å². The molecule has 0 fully saturated rings. The molecule has 0 N–H and O–H groups in total. The number of ether oxygens (including phenoxy) is 1. The third kappa shape index (κ3) is 2.88. The van der Waals surface area contributed by atoms with Gasteiger partial charge in [0.25, 0.3) is 0 Å². The molecule has 1 aromatic heterocycles. The van der Waals surface area contributed by atoms with Crippen LogP contribution >= 0.6 is 34.5 Å². The summed E-state index contributed by atoms with van der Waals surface area (Å²) in [6.07, 6.45) is 1.80. The molecule has 0 radical (unpaired) electrons. The van der Waals surface area contributed by atoms with Gasteiger partial charge in [-0.2, -0.15) is 0 Å². The second kappa shape index (κ2) is 5.04. The quantitative estimate of drug-likeness (QED) is 0.830. The Labute approximate surface area is 108 Å². The van der Waals surface area contributed by atoms with Crippen LogP contribution in [0.1, 0.15) is 9.88 Å². The molecular weight excluding hydrogens is 265 g/mol. The number of hydrogen-bond acceptors (Lipinski definition) is 3. The first-order valence-corrected chi connectivity index (χ1v) is 6.21. The highest BCUT2D eigenvalue weighted by Crippen LogP contribution is 2.28. The van der Waals surface area contributed by atoms with Gasteiger partial charge < -0.3 is 4.74 Å². The van der Waals surface area contributed by atoms with Gasteiger partial charge in [-0.05, 0) is 19.1 Å². The minimum atomic E-state index is 0.464. The summed E-state index contributed by atoms with van der Waals surface area (Å²) in [5.41, 5.74) is 0. The van der Waals surface area contributed by atoms with Gasteiger partial charge in [-0.3, -0.25) is 0 Å². The van der Waals surface area contributed by atoms with Crippen molar-refractivity contribution in [2.75, 3.05) is 0 Å². The monoisotopic (exact) mass is 273 g/mol. The van der Waals surface area contributed by atoms with Crippen LogP contribution in [0.5, 0.6) is 5.75 Å². The highest BCUT2D eigenvalue weighted by molar-refractivity contribution is 7.11. The van der Waals surface area contributed by atoms with Crippen LogP contribution in [0, 0.1) is 6.92 Å². The number of hydrogen-bond donors (Lipinski definition) is 0. The maximum Gasteiger partial charge on any atom is 0.139 e. The lowest BCUT2D eigenvalue weighted by molar-refractivity contribution is 0.310. The fourth-order valence-corrected chi connectivity index (χ4v) is 2.25. The van der Waals surface area contributed by atoms with Gasteiger partial charge in [-0.1, -0.05) is 23.2 Å². The molecule has 16 heavy (non-hydrogen) atoms. The molecule has 2 aromatic rings. The molecule has 0 unspecified atom stereocenters. The zero-order valence-electron chi connectivity index (χ0n) is 8.54. The Morgan fingerprint density at radius 2 is 2.19 bits per heavy atom. The van der Waals surface area contributed by atoms with Gasteiger partial charge in [0.05, 0.1) is 14.9 Å². The molecule has 0 aliphatic heterocycles. The van der Waals surface area contributed by atoms with E-state index in [9.17, 15) is 0 Å². The van der Waals surface area contributed by atoms with Gasteiger partial charge in [-0.15, -0.1) is 11.3 Å². The number of benzene rings is 1. The molecule has 0 amide bonds. The number of aryl methyl sites for hydroxylation is 1. The molecule has 1 aromatic carbocycles. The summed E-state index contributed by atoms with van der Waals surface area (Å²) in [4.78, 5) is 5.21. The first kappa shape index (κ1) is 11.7. The van der Waals surface area contributed by atoms with E-state index >= 15 is 0 Å². The molecule has 1 heterocycles. The molecule has 0 saturated carbocycles. The molecule has 0 saturated heterocycles. The van der Waals surface area contributed by atoms with Gasteiger partial charge in [0, 0.05) is 17.3 Å². The molecule has 2 nitrogen and oxygen atoms in total. The molecule has 0 spiro atoms. The lowest BCUT2D eigenvalue weighted by Crippen LogP contribution is -1.93. The lowest BCUT2D eigenvalue weighted by atomic mass is 10.3. The van der Waals surface area contributed by atoms with Crippen LogP contribution in [-0.4, -0.2) is 4.98 Å². The minimum Gasteiger partial charge on any atom is -0.486 e. The smallest absolute Gasteiger partial charge is 0.139 e. The van der Waals surface area contributed by atoms with Crippen LogP contribution in [0.15, 0.2) is 24.4 Å². The van der Waals surface area contributed by atoms with Crippen LogP contribution in [-0.2, 0) is 6.61 Å². The van der Waals surface area contributed by atoms with Crippen LogP contribution in [0.2, 0.25) is 10.0 Å². The highest BCUT2D eigenvalue weighted by atomic mass is 35.5. The minimum absolute atomic E-state index is 0.464. The summed E-state index contributed by atoms with van der Waals surface area (Å²) in [6.45, 7) is 2.42. The van der Waals surface area contributed by atoms with E-state index in [0.717, 1.165) is 9.88 Å². The summed E-state index contributed by atoms with van der Waals surface area (Å²) >= 11 is 13.4. The largest absolute Gasteiger partial charge is 0.486 e. The van der Waals surface area contributed by atoms with Crippen molar-refractivity contribution in [2.24, 2.45) is 0 Å². The Bertz CT molecular complexity index is 498. The van der Waals surface area contributed by atoms with Crippen LogP contribution in [0.3, 0.4) is 0 Å². The standard InChI is InChI=1S/C11H9Cl2NOS/c1-7-14-5-9(16-7)6-15-11-4-8(12)2-3-10(11)13/h2-5H,6H2,1H3. The second-order valence-electron chi connectivity index (χ2n) is 3.21. The molecular formula is C11H9Cl2NOS. The summed E-state index contributed by atoms with van der Waals surface area (Å²) < 4.78 is 5.57. The van der Waals surface area contributed by atoms with Crippen molar-refractivity contribution in [2.45, 2.75) is 13.5 Å². The van der Waals surface area contributed by atoms with E-state index in [2.05, 4.69) is 4.98 Å². The lowest BCUT2D eigenvalue weighted by Gasteiger charge is -2.06. The van der Waals surface area contributed by atoms with Crippen molar-refractivity contribution in [1.82, 2.24) is 4.98 Å². The Hall–Kier alpha value is -0.770. The van der Waals surface area contributed by atoms with E-state index in [1.165, 1.54) is 0 Å². The highest BCUT2D eigenvalue weighted by Gasteiger charge is 2.04. The number of nitrogens with zero attached hydrogens (tertiary/aromatic N) is 1. The van der Waals surface area contributed by atoms with Crippen molar-refractivity contribution in [3.8, 4) is 5.75 Å². The van der Waals surface area contributed by atoms with Crippen molar-refractivity contribution >= 4 is 34.5 Å². The molecule has 2 rings (SSSR count). The molecule has 0 bridgehead atoms. The Morgan fingerprint density at radius 1 is 1.38 bits per heavy atom. The molecule has 84 valence electrons. The zero-order valence-corrected chi connectivity index (χ0v) is 10.9. The Morgan fingerprint density at radius 3 is 2.88 bits per heavy atom. The Kier molecular flexibility index (Phi) is 3.69. The van der Waals surface area contributed by atoms with Gasteiger partial charge >= 0.3 is 0 Å². The maximum atomic E-state index is 5.97. The van der Waals surface area contributed by atoms with E-state index in [-0.39, 0.29) is 0 Å². The molecule has 5 heteroatoms. The topological polar surface area (TPSA) is 22.1 Å². The van der Waals surface area contributed by atoms with E-state index in [4.69, 9.17) is 27.9 Å². The van der Waals surface area contributed by atoms with Crippen LogP contribution in [0.25, 0.3) is 0 Å².